The Morgan fingerprint density at radius 1 is 0.795 bits per heavy atom. The van der Waals surface area contributed by atoms with E-state index in [2.05, 4.69) is 26.3 Å². The Bertz CT molecular complexity index is 1630. The van der Waals surface area contributed by atoms with E-state index in [4.69, 9.17) is 4.74 Å². The molecule has 1 aromatic heterocycles. The van der Waals surface area contributed by atoms with Crippen LogP contribution in [0.1, 0.15) is 31.9 Å². The largest absolute Gasteiger partial charge is 0.508 e. The van der Waals surface area contributed by atoms with E-state index < -0.39 is 41.6 Å². The van der Waals surface area contributed by atoms with Crippen LogP contribution in [0.15, 0.2) is 79.0 Å². The van der Waals surface area contributed by atoms with E-state index in [-0.39, 0.29) is 24.3 Å². The van der Waals surface area contributed by atoms with Crippen molar-refractivity contribution in [2.24, 2.45) is 0 Å². The van der Waals surface area contributed by atoms with Crippen molar-refractivity contribution in [1.29, 1.82) is 0 Å². The lowest BCUT2D eigenvalue weighted by Crippen LogP contribution is -2.55. The summed E-state index contributed by atoms with van der Waals surface area (Å²) in [4.78, 5) is 55.4. The second-order valence-electron chi connectivity index (χ2n) is 11.2. The Balaban J connectivity index is 1.51. The molecule has 12 nitrogen and oxygen atoms in total. The Kier molecular flexibility index (Phi) is 9.74. The molecule has 7 N–H and O–H groups in total. The first-order valence-corrected chi connectivity index (χ1v) is 13.9. The number of carbonyl (C=O) groups is 4. The Hall–Kier alpha value is -5.52. The molecule has 0 saturated carbocycles. The summed E-state index contributed by atoms with van der Waals surface area (Å²) in [6.45, 7) is 5.02. The number of anilines is 1. The van der Waals surface area contributed by atoms with Gasteiger partial charge in [0.05, 0.1) is 0 Å². The number of urea groups is 1. The zero-order valence-electron chi connectivity index (χ0n) is 24.5. The number of alkyl carbamates (subject to hydrolysis) is 1. The Morgan fingerprint density at radius 3 is 2.07 bits per heavy atom. The van der Waals surface area contributed by atoms with Crippen LogP contribution in [-0.4, -0.2) is 56.8 Å². The fourth-order valence-corrected chi connectivity index (χ4v) is 4.42. The number of phenolic OH excluding ortho intramolecular Hbond substituents is 2. The zero-order chi connectivity index (χ0) is 31.9. The van der Waals surface area contributed by atoms with Gasteiger partial charge in [0.1, 0.15) is 29.2 Å². The van der Waals surface area contributed by atoms with Crippen molar-refractivity contribution in [3.8, 4) is 11.5 Å². The van der Waals surface area contributed by atoms with Crippen LogP contribution in [0.3, 0.4) is 0 Å². The van der Waals surface area contributed by atoms with Crippen molar-refractivity contribution in [2.75, 3.05) is 5.32 Å². The molecule has 3 aromatic carbocycles. The number of carbonyl (C=O) groups excluding carboxylic acids is 4. The highest BCUT2D eigenvalue weighted by Crippen LogP contribution is 2.20. The smallest absolute Gasteiger partial charge is 0.408 e. The summed E-state index contributed by atoms with van der Waals surface area (Å²) in [6, 6.07) is 16.1. The molecule has 0 aliphatic rings. The van der Waals surface area contributed by atoms with Gasteiger partial charge < -0.3 is 35.9 Å². The van der Waals surface area contributed by atoms with Crippen molar-refractivity contribution in [2.45, 2.75) is 51.3 Å². The number of phenols is 2. The van der Waals surface area contributed by atoms with Crippen LogP contribution in [0, 0.1) is 0 Å². The molecule has 44 heavy (non-hydrogen) atoms. The second-order valence-corrected chi connectivity index (χ2v) is 11.2. The van der Waals surface area contributed by atoms with Gasteiger partial charge in [-0.1, -0.05) is 30.3 Å². The molecule has 0 aliphatic carbocycles. The molecule has 12 heteroatoms. The van der Waals surface area contributed by atoms with Gasteiger partial charge in [0.25, 0.3) is 5.91 Å². The lowest BCUT2D eigenvalue weighted by atomic mass is 10.0. The van der Waals surface area contributed by atoms with E-state index in [1.54, 1.807) is 39.1 Å². The van der Waals surface area contributed by atoms with Crippen molar-refractivity contribution >= 4 is 40.5 Å². The first-order valence-electron chi connectivity index (χ1n) is 13.9. The number of amides is 5. The summed E-state index contributed by atoms with van der Waals surface area (Å²) < 4.78 is 5.29. The average molecular weight is 602 g/mol. The van der Waals surface area contributed by atoms with Gasteiger partial charge in [-0.25, -0.2) is 9.59 Å². The minimum absolute atomic E-state index is 0.0151. The third-order valence-electron chi connectivity index (χ3n) is 6.48. The average Bonchev–Trinajstić information content (AvgIpc) is 3.36. The van der Waals surface area contributed by atoms with Crippen LogP contribution >= 0.6 is 0 Å². The number of rotatable bonds is 9. The molecule has 5 amide bonds. The number of nitrogens with one attached hydrogen (secondary N) is 5. The molecule has 230 valence electrons. The van der Waals surface area contributed by atoms with Gasteiger partial charge in [-0.3, -0.25) is 14.9 Å². The predicted octanol–water partition coefficient (Wildman–Crippen LogP) is 4.09. The fraction of sp³-hybridized carbons (Fsp3) is 0.250. The maximum absolute atomic E-state index is 13.4. The summed E-state index contributed by atoms with van der Waals surface area (Å²) in [5, 5.41) is 30.1. The van der Waals surface area contributed by atoms with Crippen LogP contribution in [-0.2, 0) is 27.2 Å². The summed E-state index contributed by atoms with van der Waals surface area (Å²) in [5.74, 6) is -1.35. The van der Waals surface area contributed by atoms with Crippen molar-refractivity contribution in [1.82, 2.24) is 20.9 Å². The number of hydrogen-bond donors (Lipinski definition) is 7. The van der Waals surface area contributed by atoms with E-state index in [1.165, 1.54) is 36.4 Å². The molecule has 4 aromatic rings. The normalized spacial score (nSPS) is 12.5. The van der Waals surface area contributed by atoms with E-state index in [1.807, 2.05) is 24.3 Å². The predicted molar refractivity (Wildman–Crippen MR) is 164 cm³/mol. The third-order valence-corrected chi connectivity index (χ3v) is 6.48. The van der Waals surface area contributed by atoms with Gasteiger partial charge in [-0.05, 0) is 74.4 Å². The van der Waals surface area contributed by atoms with E-state index in [9.17, 15) is 29.4 Å². The molecule has 0 aliphatic heterocycles. The minimum Gasteiger partial charge on any atom is -0.508 e. The number of imide groups is 1. The number of fused-ring (bicyclic) bond motifs is 1. The van der Waals surface area contributed by atoms with Gasteiger partial charge in [-0.15, -0.1) is 0 Å². The maximum atomic E-state index is 13.4. The van der Waals surface area contributed by atoms with E-state index >= 15 is 0 Å². The number of ether oxygens (including phenoxy) is 1. The molecule has 1 heterocycles. The number of hydrogen-bond acceptors (Lipinski definition) is 7. The van der Waals surface area contributed by atoms with Crippen molar-refractivity contribution < 1.29 is 34.1 Å². The molecule has 0 spiro atoms. The summed E-state index contributed by atoms with van der Waals surface area (Å²) >= 11 is 0. The topological polar surface area (TPSA) is 182 Å². The highest BCUT2D eigenvalue weighted by molar-refractivity contribution is 6.02. The molecule has 0 radical (unpaired) electrons. The number of H-pyrrole nitrogens is 1. The van der Waals surface area contributed by atoms with Gasteiger partial charge in [0, 0.05) is 35.6 Å². The molecular weight excluding hydrogens is 566 g/mol. The lowest BCUT2D eigenvalue weighted by molar-refractivity contribution is -0.122. The molecule has 0 unspecified atom stereocenters. The van der Waals surface area contributed by atoms with Crippen LogP contribution in [0.25, 0.3) is 10.9 Å². The molecule has 0 saturated heterocycles. The van der Waals surface area contributed by atoms with Crippen LogP contribution in [0.2, 0.25) is 0 Å². The van der Waals surface area contributed by atoms with Gasteiger partial charge in [-0.2, -0.15) is 0 Å². The van der Waals surface area contributed by atoms with Crippen LogP contribution in [0.4, 0.5) is 15.3 Å². The molecule has 0 fully saturated rings. The summed E-state index contributed by atoms with van der Waals surface area (Å²) in [5.41, 5.74) is 1.78. The fourth-order valence-electron chi connectivity index (χ4n) is 4.42. The number of para-hydroxylation sites is 1. The molecule has 2 atom stereocenters. The zero-order valence-corrected chi connectivity index (χ0v) is 24.5. The molecule has 4 rings (SSSR count). The van der Waals surface area contributed by atoms with Crippen molar-refractivity contribution in [3.05, 3.63) is 90.1 Å². The number of benzene rings is 3. The second kappa shape index (κ2) is 13.6. The highest BCUT2D eigenvalue weighted by atomic mass is 16.6. The third kappa shape index (κ3) is 8.99. The quantitative estimate of drug-likeness (QED) is 0.141. The van der Waals surface area contributed by atoms with Crippen molar-refractivity contribution in [3.63, 3.8) is 0 Å². The van der Waals surface area contributed by atoms with Crippen LogP contribution < -0.4 is 21.3 Å². The maximum Gasteiger partial charge on any atom is 0.408 e. The standard InChI is InChI=1S/C32H35N5O7/c1-32(2,3)44-31(43)36-26(16-19-8-12-22(38)13-9-19)29(41)37-30(42)35-27(28(40)34-21-10-14-23(39)15-11-21)17-20-18-33-25-7-5-4-6-24(20)25/h4-15,18,26-27,33,38-39H,16-17H2,1-3H3,(H,34,40)(H,36,43)(H2,35,37,41,42)/t26-,27-/m0/s1. The Morgan fingerprint density at radius 2 is 1.41 bits per heavy atom. The van der Waals surface area contributed by atoms with E-state index in [0.717, 1.165) is 16.5 Å². The lowest BCUT2D eigenvalue weighted by Gasteiger charge is -2.24. The number of aromatic nitrogens is 1. The van der Waals surface area contributed by atoms with Crippen LogP contribution in [0.5, 0.6) is 11.5 Å². The summed E-state index contributed by atoms with van der Waals surface area (Å²) in [7, 11) is 0. The number of aromatic hydroxyl groups is 2. The van der Waals surface area contributed by atoms with Gasteiger partial charge in [0.2, 0.25) is 5.91 Å². The van der Waals surface area contributed by atoms with E-state index in [0.29, 0.717) is 11.3 Å². The molecule has 0 bridgehead atoms. The SMILES string of the molecule is CC(C)(C)OC(=O)N[C@@H](Cc1ccc(O)cc1)C(=O)NC(=O)N[C@@H](Cc1c[nH]c2ccccc12)C(=O)Nc1ccc(O)cc1. The van der Waals surface area contributed by atoms with Gasteiger partial charge in [0.15, 0.2) is 0 Å². The first kappa shape index (κ1) is 31.4. The Labute approximate surface area is 253 Å². The number of aromatic amines is 1. The monoisotopic (exact) mass is 601 g/mol. The molecular formula is C32H35N5O7. The minimum atomic E-state index is -1.22. The summed E-state index contributed by atoms with van der Waals surface area (Å²) in [6.07, 6.45) is 0.957. The van der Waals surface area contributed by atoms with Gasteiger partial charge >= 0.3 is 12.1 Å². The first-order chi connectivity index (χ1) is 20.9. The highest BCUT2D eigenvalue weighted by Gasteiger charge is 2.28.